The molecule has 1 aromatic heterocycles. The third kappa shape index (κ3) is 3.18. The molecule has 0 bridgehead atoms. The van der Waals surface area contributed by atoms with Gasteiger partial charge in [0.05, 0.1) is 0 Å². The van der Waals surface area contributed by atoms with Crippen LogP contribution in [0, 0.1) is 5.92 Å². The molecule has 5 nitrogen and oxygen atoms in total. The molecule has 104 valence electrons. The molecule has 0 N–H and O–H groups in total. The Morgan fingerprint density at radius 3 is 2.21 bits per heavy atom. The summed E-state index contributed by atoms with van der Waals surface area (Å²) in [7, 11) is 0. The van der Waals surface area contributed by atoms with Gasteiger partial charge in [-0.05, 0) is 28.1 Å². The lowest BCUT2D eigenvalue weighted by Gasteiger charge is -2.35. The number of hydrogen-bond acceptors (Lipinski definition) is 3. The number of carbonyl (C=O) groups is 2. The summed E-state index contributed by atoms with van der Waals surface area (Å²) in [5.41, 5.74) is 0. The van der Waals surface area contributed by atoms with Gasteiger partial charge in [0.2, 0.25) is 5.91 Å². The van der Waals surface area contributed by atoms with Crippen molar-refractivity contribution in [2.75, 3.05) is 26.2 Å². The van der Waals surface area contributed by atoms with E-state index >= 15 is 0 Å². The zero-order valence-electron chi connectivity index (χ0n) is 11.1. The molecule has 6 heteroatoms. The second kappa shape index (κ2) is 5.77. The summed E-state index contributed by atoms with van der Waals surface area (Å²) in [5.74, 6) is 0.356. The van der Waals surface area contributed by atoms with Crippen LogP contribution in [-0.4, -0.2) is 47.8 Å². The standard InChI is InChI=1S/C13H17BrN2O3/c1-9(2)12(17)15-5-7-16(8-6-15)13(18)10-3-4-11(14)19-10/h3-4,9H,5-8H2,1-2H3. The van der Waals surface area contributed by atoms with Crippen LogP contribution in [0.1, 0.15) is 24.4 Å². The molecular formula is C13H17BrN2O3. The molecule has 2 heterocycles. The van der Waals surface area contributed by atoms with Gasteiger partial charge in [0.1, 0.15) is 0 Å². The molecule has 1 aromatic rings. The third-order valence-corrected chi connectivity index (χ3v) is 3.58. The van der Waals surface area contributed by atoms with Gasteiger partial charge < -0.3 is 14.2 Å². The molecule has 0 spiro atoms. The van der Waals surface area contributed by atoms with Crippen molar-refractivity contribution in [3.05, 3.63) is 22.6 Å². The highest BCUT2D eigenvalue weighted by Crippen LogP contribution is 2.17. The fourth-order valence-electron chi connectivity index (χ4n) is 2.08. The van der Waals surface area contributed by atoms with Crippen LogP contribution in [0.5, 0.6) is 0 Å². The third-order valence-electron chi connectivity index (χ3n) is 3.16. The average Bonchev–Trinajstić information content (AvgIpc) is 2.84. The fraction of sp³-hybridized carbons (Fsp3) is 0.538. The number of halogens is 1. The maximum absolute atomic E-state index is 12.1. The summed E-state index contributed by atoms with van der Waals surface area (Å²) in [6, 6.07) is 3.35. The molecule has 0 atom stereocenters. The van der Waals surface area contributed by atoms with Gasteiger partial charge in [-0.15, -0.1) is 0 Å². The van der Waals surface area contributed by atoms with E-state index in [2.05, 4.69) is 15.9 Å². The summed E-state index contributed by atoms with van der Waals surface area (Å²) in [6.45, 7) is 6.06. The Bertz CT molecular complexity index is 476. The Morgan fingerprint density at radius 2 is 1.74 bits per heavy atom. The zero-order chi connectivity index (χ0) is 14.0. The first-order valence-electron chi connectivity index (χ1n) is 6.32. The van der Waals surface area contributed by atoms with E-state index in [1.165, 1.54) is 0 Å². The molecule has 2 rings (SSSR count). The number of furan rings is 1. The van der Waals surface area contributed by atoms with Gasteiger partial charge in [-0.2, -0.15) is 0 Å². The van der Waals surface area contributed by atoms with Crippen LogP contribution in [0.15, 0.2) is 21.2 Å². The van der Waals surface area contributed by atoms with E-state index < -0.39 is 0 Å². The minimum Gasteiger partial charge on any atom is -0.444 e. The first-order valence-corrected chi connectivity index (χ1v) is 7.11. The van der Waals surface area contributed by atoms with Crippen molar-refractivity contribution in [1.82, 2.24) is 9.80 Å². The number of piperazine rings is 1. The Hall–Kier alpha value is -1.30. The zero-order valence-corrected chi connectivity index (χ0v) is 12.6. The van der Waals surface area contributed by atoms with Crippen LogP contribution in [0.25, 0.3) is 0 Å². The molecule has 1 fully saturated rings. The quantitative estimate of drug-likeness (QED) is 0.834. The highest BCUT2D eigenvalue weighted by atomic mass is 79.9. The second-order valence-electron chi connectivity index (χ2n) is 4.88. The maximum Gasteiger partial charge on any atom is 0.289 e. The van der Waals surface area contributed by atoms with E-state index in [1.807, 2.05) is 18.7 Å². The van der Waals surface area contributed by atoms with E-state index in [0.717, 1.165) is 0 Å². The van der Waals surface area contributed by atoms with E-state index in [0.29, 0.717) is 36.6 Å². The average molecular weight is 329 g/mol. The van der Waals surface area contributed by atoms with Crippen molar-refractivity contribution in [3.8, 4) is 0 Å². The maximum atomic E-state index is 12.1. The summed E-state index contributed by atoms with van der Waals surface area (Å²) in [4.78, 5) is 27.5. The minimum absolute atomic E-state index is 0.00304. The van der Waals surface area contributed by atoms with Crippen molar-refractivity contribution < 1.29 is 14.0 Å². The Labute approximate surface area is 120 Å². The first kappa shape index (κ1) is 14.1. The molecule has 1 aliphatic heterocycles. The monoisotopic (exact) mass is 328 g/mol. The minimum atomic E-state index is -0.123. The summed E-state index contributed by atoms with van der Waals surface area (Å²) in [5, 5.41) is 0. The number of carbonyl (C=O) groups excluding carboxylic acids is 2. The first-order chi connectivity index (χ1) is 8.99. The number of amides is 2. The Kier molecular flexibility index (Phi) is 4.29. The van der Waals surface area contributed by atoms with Crippen molar-refractivity contribution in [3.63, 3.8) is 0 Å². The smallest absolute Gasteiger partial charge is 0.289 e. The molecule has 1 saturated heterocycles. The summed E-state index contributed by atoms with van der Waals surface area (Å²) >= 11 is 3.18. The normalized spacial score (nSPS) is 16.0. The van der Waals surface area contributed by atoms with E-state index in [9.17, 15) is 9.59 Å². The van der Waals surface area contributed by atoms with E-state index in [4.69, 9.17) is 4.42 Å². The number of rotatable bonds is 2. The van der Waals surface area contributed by atoms with Crippen LogP contribution in [0.4, 0.5) is 0 Å². The molecule has 0 aliphatic carbocycles. The van der Waals surface area contributed by atoms with Gasteiger partial charge in [0.25, 0.3) is 5.91 Å². The second-order valence-corrected chi connectivity index (χ2v) is 5.66. The molecule has 0 radical (unpaired) electrons. The number of hydrogen-bond donors (Lipinski definition) is 0. The van der Waals surface area contributed by atoms with Crippen LogP contribution >= 0.6 is 15.9 Å². The Morgan fingerprint density at radius 1 is 1.16 bits per heavy atom. The Balaban J connectivity index is 1.93. The predicted molar refractivity (Wildman–Crippen MR) is 73.7 cm³/mol. The molecule has 19 heavy (non-hydrogen) atoms. The lowest BCUT2D eigenvalue weighted by Crippen LogP contribution is -2.51. The fourth-order valence-corrected chi connectivity index (χ4v) is 2.39. The summed E-state index contributed by atoms with van der Waals surface area (Å²) < 4.78 is 5.80. The van der Waals surface area contributed by atoms with Crippen molar-refractivity contribution in [2.45, 2.75) is 13.8 Å². The molecule has 1 aliphatic rings. The van der Waals surface area contributed by atoms with Gasteiger partial charge in [-0.3, -0.25) is 9.59 Å². The topological polar surface area (TPSA) is 53.8 Å². The molecular weight excluding hydrogens is 312 g/mol. The largest absolute Gasteiger partial charge is 0.444 e. The van der Waals surface area contributed by atoms with Crippen molar-refractivity contribution in [1.29, 1.82) is 0 Å². The number of nitrogens with zero attached hydrogens (tertiary/aromatic N) is 2. The lowest BCUT2D eigenvalue weighted by molar-refractivity contribution is -0.135. The van der Waals surface area contributed by atoms with Crippen LogP contribution in [-0.2, 0) is 4.79 Å². The van der Waals surface area contributed by atoms with Crippen LogP contribution < -0.4 is 0 Å². The van der Waals surface area contributed by atoms with Crippen LogP contribution in [0.2, 0.25) is 0 Å². The van der Waals surface area contributed by atoms with Gasteiger partial charge in [0.15, 0.2) is 10.4 Å². The van der Waals surface area contributed by atoms with Gasteiger partial charge in [-0.25, -0.2) is 0 Å². The lowest BCUT2D eigenvalue weighted by atomic mass is 10.1. The SMILES string of the molecule is CC(C)C(=O)N1CCN(C(=O)c2ccc(Br)o2)CC1. The predicted octanol–water partition coefficient (Wildman–Crippen LogP) is 1.98. The van der Waals surface area contributed by atoms with Gasteiger partial charge in [0, 0.05) is 32.1 Å². The van der Waals surface area contributed by atoms with E-state index in [-0.39, 0.29) is 17.7 Å². The van der Waals surface area contributed by atoms with Crippen molar-refractivity contribution >= 4 is 27.7 Å². The van der Waals surface area contributed by atoms with E-state index in [1.54, 1.807) is 17.0 Å². The highest BCUT2D eigenvalue weighted by Gasteiger charge is 2.27. The highest BCUT2D eigenvalue weighted by molar-refractivity contribution is 9.10. The molecule has 0 unspecified atom stereocenters. The van der Waals surface area contributed by atoms with Crippen LogP contribution in [0.3, 0.4) is 0 Å². The molecule has 2 amide bonds. The molecule has 0 saturated carbocycles. The molecule has 0 aromatic carbocycles. The van der Waals surface area contributed by atoms with Gasteiger partial charge >= 0.3 is 0 Å². The van der Waals surface area contributed by atoms with Gasteiger partial charge in [-0.1, -0.05) is 13.8 Å². The summed E-state index contributed by atoms with van der Waals surface area (Å²) in [6.07, 6.45) is 0. The van der Waals surface area contributed by atoms with Crippen molar-refractivity contribution in [2.24, 2.45) is 5.92 Å².